The van der Waals surface area contributed by atoms with Crippen LogP contribution in [0.2, 0.25) is 10.0 Å². The largest absolute Gasteiger partial charge is 0.214 e. The highest BCUT2D eigenvalue weighted by atomic mass is 35.5. The molecule has 112 valence electrons. The molecule has 8 heteroatoms. The summed E-state index contributed by atoms with van der Waals surface area (Å²) in [4.78, 5) is 0. The third kappa shape index (κ3) is 3.40. The molecule has 0 N–H and O–H groups in total. The molecule has 1 aromatic heterocycles. The number of tetrazole rings is 1. The van der Waals surface area contributed by atoms with Gasteiger partial charge in [-0.05, 0) is 46.3 Å². The molecule has 0 amide bonds. The van der Waals surface area contributed by atoms with Gasteiger partial charge in [-0.3, -0.25) is 0 Å². The molecule has 1 heterocycles. The Balaban J connectivity index is 1.79. The van der Waals surface area contributed by atoms with Crippen LogP contribution in [0, 0.1) is 5.82 Å². The van der Waals surface area contributed by atoms with Crippen LogP contribution in [-0.4, -0.2) is 20.2 Å². The number of benzene rings is 2. The lowest BCUT2D eigenvalue weighted by Crippen LogP contribution is -1.99. The Morgan fingerprint density at radius 1 is 1.09 bits per heavy atom. The zero-order valence-electron chi connectivity index (χ0n) is 11.1. The van der Waals surface area contributed by atoms with Crippen LogP contribution < -0.4 is 0 Å². The quantitative estimate of drug-likeness (QED) is 0.651. The van der Waals surface area contributed by atoms with Gasteiger partial charge in [0.15, 0.2) is 0 Å². The molecule has 0 atom stereocenters. The first kappa shape index (κ1) is 15.3. The van der Waals surface area contributed by atoms with E-state index in [-0.39, 0.29) is 5.82 Å². The topological polar surface area (TPSA) is 43.6 Å². The molecule has 0 fully saturated rings. The van der Waals surface area contributed by atoms with E-state index >= 15 is 0 Å². The summed E-state index contributed by atoms with van der Waals surface area (Å²) < 4.78 is 14.8. The fourth-order valence-electron chi connectivity index (χ4n) is 1.82. The van der Waals surface area contributed by atoms with E-state index in [0.717, 1.165) is 5.56 Å². The van der Waals surface area contributed by atoms with Crippen molar-refractivity contribution in [2.24, 2.45) is 0 Å². The van der Waals surface area contributed by atoms with Gasteiger partial charge >= 0.3 is 0 Å². The van der Waals surface area contributed by atoms with Crippen LogP contribution in [0.15, 0.2) is 47.6 Å². The first-order valence-corrected chi connectivity index (χ1v) is 7.99. The molecule has 0 aliphatic heterocycles. The number of hydrogen-bond donors (Lipinski definition) is 0. The van der Waals surface area contributed by atoms with Gasteiger partial charge in [-0.1, -0.05) is 47.1 Å². The maximum absolute atomic E-state index is 13.3. The smallest absolute Gasteiger partial charge is 0.207 e. The highest BCUT2D eigenvalue weighted by molar-refractivity contribution is 7.98. The molecule has 2 aromatic carbocycles. The standard InChI is InChI=1S/C14H9Cl2FN4S/c15-12-5-4-9(6-13(12)16)8-22-14-18-19-20-21(14)11-3-1-2-10(17)7-11/h1-7H,8H2. The summed E-state index contributed by atoms with van der Waals surface area (Å²) in [6.07, 6.45) is 0. The van der Waals surface area contributed by atoms with Crippen molar-refractivity contribution in [2.45, 2.75) is 10.9 Å². The summed E-state index contributed by atoms with van der Waals surface area (Å²) in [7, 11) is 0. The zero-order valence-corrected chi connectivity index (χ0v) is 13.4. The van der Waals surface area contributed by atoms with Gasteiger partial charge in [0.1, 0.15) is 5.82 Å². The molecule has 0 spiro atoms. The summed E-state index contributed by atoms with van der Waals surface area (Å²) in [5.41, 5.74) is 1.56. The van der Waals surface area contributed by atoms with E-state index in [1.807, 2.05) is 6.07 Å². The van der Waals surface area contributed by atoms with Crippen LogP contribution in [0.5, 0.6) is 0 Å². The van der Waals surface area contributed by atoms with Crippen LogP contribution in [0.3, 0.4) is 0 Å². The van der Waals surface area contributed by atoms with E-state index in [0.29, 0.717) is 26.6 Å². The number of rotatable bonds is 4. The zero-order chi connectivity index (χ0) is 15.5. The van der Waals surface area contributed by atoms with Crippen LogP contribution >= 0.6 is 35.0 Å². The summed E-state index contributed by atoms with van der Waals surface area (Å²) in [5.74, 6) is 0.278. The number of halogens is 3. The summed E-state index contributed by atoms with van der Waals surface area (Å²) >= 11 is 13.3. The maximum atomic E-state index is 13.3. The van der Waals surface area contributed by atoms with Crippen LogP contribution in [0.4, 0.5) is 4.39 Å². The minimum absolute atomic E-state index is 0.339. The average molecular weight is 355 g/mol. The Morgan fingerprint density at radius 2 is 1.95 bits per heavy atom. The van der Waals surface area contributed by atoms with E-state index in [1.165, 1.54) is 28.6 Å². The van der Waals surface area contributed by atoms with Gasteiger partial charge in [-0.15, -0.1) is 5.10 Å². The second kappa shape index (κ2) is 6.64. The molecule has 22 heavy (non-hydrogen) atoms. The number of hydrogen-bond acceptors (Lipinski definition) is 4. The molecule has 0 unspecified atom stereocenters. The van der Waals surface area contributed by atoms with Gasteiger partial charge < -0.3 is 0 Å². The van der Waals surface area contributed by atoms with Crippen molar-refractivity contribution in [3.63, 3.8) is 0 Å². The Hall–Kier alpha value is -1.63. The van der Waals surface area contributed by atoms with Crippen LogP contribution in [0.25, 0.3) is 5.69 Å². The van der Waals surface area contributed by atoms with Gasteiger partial charge in [0.2, 0.25) is 5.16 Å². The molecule has 0 saturated carbocycles. The molecular formula is C14H9Cl2FN4S. The van der Waals surface area contributed by atoms with Crippen molar-refractivity contribution in [3.05, 3.63) is 63.9 Å². The monoisotopic (exact) mass is 354 g/mol. The van der Waals surface area contributed by atoms with Crippen molar-refractivity contribution >= 4 is 35.0 Å². The lowest BCUT2D eigenvalue weighted by molar-refractivity contribution is 0.623. The van der Waals surface area contributed by atoms with Gasteiger partial charge in [0.25, 0.3) is 0 Å². The lowest BCUT2D eigenvalue weighted by atomic mass is 10.2. The SMILES string of the molecule is Fc1cccc(-n2nnnc2SCc2ccc(Cl)c(Cl)c2)c1. The highest BCUT2D eigenvalue weighted by Gasteiger charge is 2.10. The minimum atomic E-state index is -0.339. The van der Waals surface area contributed by atoms with E-state index in [9.17, 15) is 4.39 Å². The maximum Gasteiger partial charge on any atom is 0.214 e. The van der Waals surface area contributed by atoms with E-state index < -0.39 is 0 Å². The number of aromatic nitrogens is 4. The average Bonchev–Trinajstić information content (AvgIpc) is 2.97. The highest BCUT2D eigenvalue weighted by Crippen LogP contribution is 2.27. The third-order valence-electron chi connectivity index (χ3n) is 2.85. The predicted octanol–water partition coefficient (Wildman–Crippen LogP) is 4.40. The van der Waals surface area contributed by atoms with E-state index in [2.05, 4.69) is 15.5 Å². The molecule has 0 bridgehead atoms. The minimum Gasteiger partial charge on any atom is -0.207 e. The van der Waals surface area contributed by atoms with Crippen molar-refractivity contribution < 1.29 is 4.39 Å². The van der Waals surface area contributed by atoms with Crippen LogP contribution in [0.1, 0.15) is 5.56 Å². The first-order chi connectivity index (χ1) is 10.6. The van der Waals surface area contributed by atoms with E-state index in [1.54, 1.807) is 24.3 Å². The molecular weight excluding hydrogens is 346 g/mol. The molecule has 0 saturated heterocycles. The fraction of sp³-hybridized carbons (Fsp3) is 0.0714. The van der Waals surface area contributed by atoms with Gasteiger partial charge in [0, 0.05) is 5.75 Å². The number of thioether (sulfide) groups is 1. The molecule has 0 aliphatic carbocycles. The summed E-state index contributed by atoms with van der Waals surface area (Å²) in [6.45, 7) is 0. The second-order valence-electron chi connectivity index (χ2n) is 4.39. The van der Waals surface area contributed by atoms with Gasteiger partial charge in [0.05, 0.1) is 15.7 Å². The van der Waals surface area contributed by atoms with Crippen molar-refractivity contribution in [1.29, 1.82) is 0 Å². The molecule has 4 nitrogen and oxygen atoms in total. The Bertz CT molecular complexity index is 809. The lowest BCUT2D eigenvalue weighted by Gasteiger charge is -2.05. The summed E-state index contributed by atoms with van der Waals surface area (Å²) in [5, 5.41) is 13.1. The molecule has 0 radical (unpaired) electrons. The fourth-order valence-corrected chi connectivity index (χ4v) is 2.97. The predicted molar refractivity (Wildman–Crippen MR) is 85.1 cm³/mol. The first-order valence-electron chi connectivity index (χ1n) is 6.24. The van der Waals surface area contributed by atoms with Gasteiger partial charge in [-0.25, -0.2) is 4.39 Å². The Kier molecular flexibility index (Phi) is 4.61. The van der Waals surface area contributed by atoms with Gasteiger partial charge in [-0.2, -0.15) is 4.68 Å². The molecule has 3 aromatic rings. The van der Waals surface area contributed by atoms with Crippen molar-refractivity contribution in [2.75, 3.05) is 0 Å². The number of nitrogens with zero attached hydrogens (tertiary/aromatic N) is 4. The normalized spacial score (nSPS) is 10.9. The molecule has 3 rings (SSSR count). The third-order valence-corrected chi connectivity index (χ3v) is 4.58. The summed E-state index contributed by atoms with van der Waals surface area (Å²) in [6, 6.07) is 11.5. The van der Waals surface area contributed by atoms with E-state index in [4.69, 9.17) is 23.2 Å². The van der Waals surface area contributed by atoms with Crippen molar-refractivity contribution in [3.8, 4) is 5.69 Å². The van der Waals surface area contributed by atoms with Crippen molar-refractivity contribution in [1.82, 2.24) is 20.2 Å². The Labute approximate surface area is 140 Å². The molecule has 0 aliphatic rings. The second-order valence-corrected chi connectivity index (χ2v) is 6.15. The van der Waals surface area contributed by atoms with Crippen LogP contribution in [-0.2, 0) is 5.75 Å². The Morgan fingerprint density at radius 3 is 2.73 bits per heavy atom.